The number of amides is 2. The molecule has 1 fully saturated rings. The van der Waals surface area contributed by atoms with Crippen molar-refractivity contribution in [1.29, 1.82) is 0 Å². The lowest BCUT2D eigenvalue weighted by molar-refractivity contribution is 0.0699. The molecule has 2 aromatic carbocycles. The normalized spacial score (nSPS) is 16.9. The molecule has 0 spiro atoms. The summed E-state index contributed by atoms with van der Waals surface area (Å²) in [5, 5.41) is 0. The molecule has 0 radical (unpaired) electrons. The summed E-state index contributed by atoms with van der Waals surface area (Å²) in [5.74, 6) is 1.25. The number of rotatable bonds is 3. The van der Waals surface area contributed by atoms with Gasteiger partial charge in [0.25, 0.3) is 11.8 Å². The summed E-state index contributed by atoms with van der Waals surface area (Å²) < 4.78 is 11.0. The smallest absolute Gasteiger partial charge is 0.257 e. The predicted molar refractivity (Wildman–Crippen MR) is 129 cm³/mol. The molecule has 35 heavy (non-hydrogen) atoms. The number of nitrogens with zero attached hydrogens (tertiary/aromatic N) is 3. The Balaban J connectivity index is 1.19. The first-order valence-corrected chi connectivity index (χ1v) is 12.1. The summed E-state index contributed by atoms with van der Waals surface area (Å²) in [7, 11) is 0. The number of likely N-dealkylation sites (tertiary alicyclic amines) is 1. The average Bonchev–Trinajstić information content (AvgIpc) is 3.55. The van der Waals surface area contributed by atoms with E-state index in [0.29, 0.717) is 48.8 Å². The number of hydrogen-bond donors (Lipinski definition) is 0. The van der Waals surface area contributed by atoms with E-state index in [-0.39, 0.29) is 24.5 Å². The molecule has 0 aliphatic carbocycles. The molecule has 7 nitrogen and oxygen atoms in total. The zero-order valence-corrected chi connectivity index (χ0v) is 19.7. The van der Waals surface area contributed by atoms with Crippen molar-refractivity contribution in [1.82, 2.24) is 14.8 Å². The number of fused-ring (bicyclic) bond motifs is 2. The first-order chi connectivity index (χ1) is 17.1. The van der Waals surface area contributed by atoms with E-state index in [4.69, 9.17) is 14.5 Å². The van der Waals surface area contributed by atoms with Gasteiger partial charge in [-0.3, -0.25) is 14.6 Å². The Morgan fingerprint density at radius 3 is 2.29 bits per heavy atom. The van der Waals surface area contributed by atoms with Crippen LogP contribution in [0.3, 0.4) is 0 Å². The van der Waals surface area contributed by atoms with Crippen LogP contribution in [0.15, 0.2) is 54.6 Å². The third kappa shape index (κ3) is 3.91. The molecule has 1 aromatic heterocycles. The Bertz CT molecular complexity index is 1290. The van der Waals surface area contributed by atoms with Gasteiger partial charge in [0.05, 0.1) is 16.8 Å². The van der Waals surface area contributed by atoms with Gasteiger partial charge in [-0.05, 0) is 55.2 Å². The zero-order chi connectivity index (χ0) is 23.9. The number of aromatic nitrogens is 1. The minimum atomic E-state index is -0.0471. The lowest BCUT2D eigenvalue weighted by Crippen LogP contribution is -2.38. The third-order valence-electron chi connectivity index (χ3n) is 7.22. The summed E-state index contributed by atoms with van der Waals surface area (Å²) in [5.41, 5.74) is 5.38. The van der Waals surface area contributed by atoms with Gasteiger partial charge in [0, 0.05) is 37.8 Å². The van der Waals surface area contributed by atoms with Crippen LogP contribution in [-0.2, 0) is 13.1 Å². The monoisotopic (exact) mass is 469 g/mol. The molecular formula is C28H27N3O4. The highest BCUT2D eigenvalue weighted by Gasteiger charge is 2.32. The number of pyridine rings is 1. The van der Waals surface area contributed by atoms with Crippen LogP contribution in [0.2, 0.25) is 0 Å². The Morgan fingerprint density at radius 2 is 1.54 bits per heavy atom. The second-order valence-corrected chi connectivity index (χ2v) is 9.42. The van der Waals surface area contributed by atoms with E-state index >= 15 is 0 Å². The highest BCUT2D eigenvalue weighted by atomic mass is 16.7. The van der Waals surface area contributed by atoms with Gasteiger partial charge in [-0.15, -0.1) is 0 Å². The molecule has 2 amide bonds. The molecule has 7 heteroatoms. The van der Waals surface area contributed by atoms with Gasteiger partial charge in [-0.25, -0.2) is 0 Å². The minimum absolute atomic E-state index is 0.0270. The maximum absolute atomic E-state index is 13.6. The highest BCUT2D eigenvalue weighted by molar-refractivity contribution is 5.98. The summed E-state index contributed by atoms with van der Waals surface area (Å²) in [6.45, 7) is 4.56. The van der Waals surface area contributed by atoms with Gasteiger partial charge in [0.2, 0.25) is 6.79 Å². The number of piperidine rings is 1. The van der Waals surface area contributed by atoms with E-state index in [1.165, 1.54) is 11.1 Å². The fraction of sp³-hybridized carbons (Fsp3) is 0.321. The van der Waals surface area contributed by atoms with Crippen molar-refractivity contribution in [3.63, 3.8) is 0 Å². The van der Waals surface area contributed by atoms with Crippen LogP contribution in [-0.4, -0.2) is 46.5 Å². The molecule has 6 rings (SSSR count). The van der Waals surface area contributed by atoms with Crippen molar-refractivity contribution >= 4 is 11.8 Å². The van der Waals surface area contributed by atoms with Gasteiger partial charge in [-0.1, -0.05) is 30.3 Å². The number of ether oxygens (including phenoxy) is 2. The summed E-state index contributed by atoms with van der Waals surface area (Å²) in [6, 6.07) is 17.5. The van der Waals surface area contributed by atoms with Gasteiger partial charge < -0.3 is 19.3 Å². The minimum Gasteiger partial charge on any atom is -0.454 e. The van der Waals surface area contributed by atoms with Crippen molar-refractivity contribution in [3.05, 3.63) is 88.2 Å². The van der Waals surface area contributed by atoms with Gasteiger partial charge in [0.15, 0.2) is 11.5 Å². The van der Waals surface area contributed by atoms with Gasteiger partial charge in [-0.2, -0.15) is 0 Å². The van der Waals surface area contributed by atoms with Crippen molar-refractivity contribution in [2.45, 2.75) is 38.8 Å². The SMILES string of the molecule is Cc1ccc(C(=O)N2Cc3ccccc3C2)c(C2CCN(C(=O)c3cccc4c3OCO4)CC2)n1. The van der Waals surface area contributed by atoms with Gasteiger partial charge in [0.1, 0.15) is 0 Å². The Morgan fingerprint density at radius 1 is 0.829 bits per heavy atom. The second-order valence-electron chi connectivity index (χ2n) is 9.42. The Hall–Kier alpha value is -3.87. The fourth-order valence-corrected chi connectivity index (χ4v) is 5.34. The maximum Gasteiger partial charge on any atom is 0.257 e. The molecule has 4 heterocycles. The standard InChI is InChI=1S/C28H27N3O4/c1-18-9-10-22(27(32)31-15-20-5-2-3-6-21(20)16-31)25(29-18)19-11-13-30(14-12-19)28(33)23-7-4-8-24-26(23)35-17-34-24/h2-10,19H,11-17H2,1H3. The lowest BCUT2D eigenvalue weighted by Gasteiger charge is -2.33. The molecule has 0 unspecified atom stereocenters. The van der Waals surface area contributed by atoms with E-state index in [1.807, 2.05) is 53.1 Å². The molecule has 0 N–H and O–H groups in total. The van der Waals surface area contributed by atoms with Crippen molar-refractivity contribution in [3.8, 4) is 11.5 Å². The van der Waals surface area contributed by atoms with E-state index < -0.39 is 0 Å². The molecule has 3 aliphatic heterocycles. The van der Waals surface area contributed by atoms with Crippen LogP contribution >= 0.6 is 0 Å². The van der Waals surface area contributed by atoms with E-state index in [9.17, 15) is 9.59 Å². The number of para-hydroxylation sites is 1. The quantitative estimate of drug-likeness (QED) is 0.572. The van der Waals surface area contributed by atoms with E-state index in [2.05, 4.69) is 12.1 Å². The molecule has 1 saturated heterocycles. The molecule has 0 atom stereocenters. The molecule has 0 saturated carbocycles. The van der Waals surface area contributed by atoms with Crippen LogP contribution in [0.1, 0.15) is 62.0 Å². The molecule has 178 valence electrons. The first kappa shape index (κ1) is 21.6. The number of aryl methyl sites for hydroxylation is 1. The largest absolute Gasteiger partial charge is 0.454 e. The van der Waals surface area contributed by atoms with Crippen LogP contribution < -0.4 is 9.47 Å². The summed E-state index contributed by atoms with van der Waals surface area (Å²) in [6.07, 6.45) is 1.52. The predicted octanol–water partition coefficient (Wildman–Crippen LogP) is 4.29. The van der Waals surface area contributed by atoms with Gasteiger partial charge >= 0.3 is 0 Å². The van der Waals surface area contributed by atoms with Crippen molar-refractivity contribution in [2.75, 3.05) is 19.9 Å². The molecular weight excluding hydrogens is 442 g/mol. The van der Waals surface area contributed by atoms with E-state index in [1.54, 1.807) is 6.07 Å². The molecule has 3 aliphatic rings. The zero-order valence-electron chi connectivity index (χ0n) is 19.7. The number of carbonyl (C=O) groups is 2. The molecule has 3 aromatic rings. The van der Waals surface area contributed by atoms with Crippen LogP contribution in [0, 0.1) is 6.92 Å². The lowest BCUT2D eigenvalue weighted by atomic mass is 9.89. The topological polar surface area (TPSA) is 72.0 Å². The number of carbonyl (C=O) groups excluding carboxylic acids is 2. The first-order valence-electron chi connectivity index (χ1n) is 12.1. The van der Waals surface area contributed by atoms with Crippen LogP contribution in [0.25, 0.3) is 0 Å². The number of benzene rings is 2. The maximum atomic E-state index is 13.6. The Labute approximate surface area is 204 Å². The van der Waals surface area contributed by atoms with E-state index in [0.717, 1.165) is 24.2 Å². The average molecular weight is 470 g/mol. The fourth-order valence-electron chi connectivity index (χ4n) is 5.34. The summed E-state index contributed by atoms with van der Waals surface area (Å²) >= 11 is 0. The Kier molecular flexibility index (Phi) is 5.40. The number of hydrogen-bond acceptors (Lipinski definition) is 5. The van der Waals surface area contributed by atoms with Crippen molar-refractivity contribution < 1.29 is 19.1 Å². The van der Waals surface area contributed by atoms with Crippen LogP contribution in [0.5, 0.6) is 11.5 Å². The third-order valence-corrected chi connectivity index (χ3v) is 7.22. The van der Waals surface area contributed by atoms with Crippen molar-refractivity contribution in [2.24, 2.45) is 0 Å². The van der Waals surface area contributed by atoms with Crippen LogP contribution in [0.4, 0.5) is 0 Å². The second kappa shape index (κ2) is 8.73. The molecule has 0 bridgehead atoms. The highest BCUT2D eigenvalue weighted by Crippen LogP contribution is 2.37. The summed E-state index contributed by atoms with van der Waals surface area (Å²) in [4.78, 5) is 35.4.